The zero-order valence-corrected chi connectivity index (χ0v) is 15.9. The number of carbonyl (C=O) groups is 2. The van der Waals surface area contributed by atoms with Crippen molar-refractivity contribution in [1.29, 1.82) is 0 Å². The molecule has 28 heavy (non-hydrogen) atoms. The van der Waals surface area contributed by atoms with Gasteiger partial charge in [0.2, 0.25) is 16.9 Å². The quantitative estimate of drug-likeness (QED) is 0.731. The van der Waals surface area contributed by atoms with Gasteiger partial charge in [0.05, 0.1) is 5.92 Å². The summed E-state index contributed by atoms with van der Waals surface area (Å²) in [6.45, 7) is 2.25. The lowest BCUT2D eigenvalue weighted by atomic mass is 10.1. The van der Waals surface area contributed by atoms with Crippen molar-refractivity contribution < 1.29 is 14.0 Å². The number of amides is 2. The summed E-state index contributed by atoms with van der Waals surface area (Å²) in [5.41, 5.74) is 2.14. The number of hydrogen-bond donors (Lipinski definition) is 1. The number of nitrogens with zero attached hydrogens (tertiary/aromatic N) is 3. The first-order chi connectivity index (χ1) is 13.5. The van der Waals surface area contributed by atoms with Crippen molar-refractivity contribution in [2.45, 2.75) is 13.3 Å². The topological polar surface area (TPSA) is 75.2 Å². The zero-order chi connectivity index (χ0) is 19.7. The molecular weight excluding hydrogens is 379 g/mol. The Kier molecular flexibility index (Phi) is 4.87. The van der Waals surface area contributed by atoms with E-state index < -0.39 is 11.7 Å². The lowest BCUT2D eigenvalue weighted by Gasteiger charge is -2.18. The van der Waals surface area contributed by atoms with Crippen molar-refractivity contribution in [3.05, 3.63) is 59.9 Å². The number of hydrogen-bond acceptors (Lipinski definition) is 5. The van der Waals surface area contributed by atoms with Gasteiger partial charge >= 0.3 is 0 Å². The van der Waals surface area contributed by atoms with E-state index in [0.29, 0.717) is 17.1 Å². The number of benzene rings is 2. The minimum atomic E-state index is -0.479. The molecule has 1 aliphatic rings. The average molecular weight is 396 g/mol. The highest BCUT2D eigenvalue weighted by Gasteiger charge is 2.36. The molecule has 8 heteroatoms. The number of aromatic nitrogens is 2. The maximum atomic E-state index is 13.9. The second kappa shape index (κ2) is 7.47. The molecule has 142 valence electrons. The highest BCUT2D eigenvalue weighted by molar-refractivity contribution is 7.18. The van der Waals surface area contributed by atoms with Gasteiger partial charge in [-0.15, -0.1) is 10.2 Å². The summed E-state index contributed by atoms with van der Waals surface area (Å²) in [6, 6.07) is 13.8. The third kappa shape index (κ3) is 3.50. The first kappa shape index (κ1) is 18.2. The molecule has 2 heterocycles. The van der Waals surface area contributed by atoms with Gasteiger partial charge in [-0.25, -0.2) is 4.39 Å². The summed E-state index contributed by atoms with van der Waals surface area (Å²) < 4.78 is 13.9. The van der Waals surface area contributed by atoms with Gasteiger partial charge in [-0.2, -0.15) is 0 Å². The number of halogens is 1. The third-order valence-electron chi connectivity index (χ3n) is 4.66. The predicted molar refractivity (Wildman–Crippen MR) is 106 cm³/mol. The first-order valence-electron chi connectivity index (χ1n) is 8.78. The maximum Gasteiger partial charge on any atom is 0.231 e. The minimum Gasteiger partial charge on any atom is -0.311 e. The molecule has 0 aliphatic carbocycles. The standard InChI is InChI=1S/C20H17FN4O2S/c1-12-6-2-5-9-16(12)25-11-13(10-17(25)26)18(27)22-20-24-23-19(28-20)14-7-3-4-8-15(14)21/h2-9,13H,10-11H2,1H3,(H,22,24,27)/t13-/m1/s1. The van der Waals surface area contributed by atoms with E-state index in [1.54, 1.807) is 23.1 Å². The van der Waals surface area contributed by atoms with Crippen LogP contribution in [0.5, 0.6) is 0 Å². The average Bonchev–Trinajstić information content (AvgIpc) is 3.29. The molecule has 4 rings (SSSR count). The second-order valence-electron chi connectivity index (χ2n) is 6.57. The summed E-state index contributed by atoms with van der Waals surface area (Å²) in [6.07, 6.45) is 0.138. The van der Waals surface area contributed by atoms with Crippen molar-refractivity contribution in [1.82, 2.24) is 10.2 Å². The van der Waals surface area contributed by atoms with Crippen LogP contribution in [0.25, 0.3) is 10.6 Å². The Balaban J connectivity index is 1.46. The number of carbonyl (C=O) groups excluding carboxylic acids is 2. The summed E-state index contributed by atoms with van der Waals surface area (Å²) in [7, 11) is 0. The lowest BCUT2D eigenvalue weighted by Crippen LogP contribution is -2.28. The Morgan fingerprint density at radius 3 is 2.71 bits per heavy atom. The van der Waals surface area contributed by atoms with Crippen LogP contribution in [0.3, 0.4) is 0 Å². The van der Waals surface area contributed by atoms with Gasteiger partial charge in [0.1, 0.15) is 5.82 Å². The molecule has 2 aromatic carbocycles. The van der Waals surface area contributed by atoms with Gasteiger partial charge in [0.15, 0.2) is 5.01 Å². The molecule has 1 atom stereocenters. The van der Waals surface area contributed by atoms with Gasteiger partial charge in [-0.05, 0) is 30.7 Å². The molecule has 0 bridgehead atoms. The molecule has 0 unspecified atom stereocenters. The molecule has 1 aromatic heterocycles. The molecule has 0 saturated carbocycles. The molecule has 0 spiro atoms. The largest absolute Gasteiger partial charge is 0.311 e. The van der Waals surface area contributed by atoms with Crippen LogP contribution in [0.4, 0.5) is 15.2 Å². The van der Waals surface area contributed by atoms with E-state index in [-0.39, 0.29) is 23.4 Å². The molecular formula is C20H17FN4O2S. The van der Waals surface area contributed by atoms with Gasteiger partial charge in [-0.3, -0.25) is 9.59 Å². The maximum absolute atomic E-state index is 13.9. The van der Waals surface area contributed by atoms with E-state index in [2.05, 4.69) is 15.5 Å². The molecule has 6 nitrogen and oxygen atoms in total. The van der Waals surface area contributed by atoms with Crippen LogP contribution in [-0.2, 0) is 9.59 Å². The summed E-state index contributed by atoms with van der Waals surface area (Å²) in [4.78, 5) is 26.7. The van der Waals surface area contributed by atoms with Crippen molar-refractivity contribution in [2.24, 2.45) is 5.92 Å². The van der Waals surface area contributed by atoms with Crippen LogP contribution in [0.1, 0.15) is 12.0 Å². The fraction of sp³-hybridized carbons (Fsp3) is 0.200. The SMILES string of the molecule is Cc1ccccc1N1C[C@H](C(=O)Nc2nnc(-c3ccccc3F)s2)CC1=O. The zero-order valence-electron chi connectivity index (χ0n) is 15.1. The van der Waals surface area contributed by atoms with Crippen molar-refractivity contribution in [2.75, 3.05) is 16.8 Å². The van der Waals surface area contributed by atoms with Gasteiger partial charge in [0.25, 0.3) is 0 Å². The fourth-order valence-electron chi connectivity index (χ4n) is 3.21. The van der Waals surface area contributed by atoms with Gasteiger partial charge in [0, 0.05) is 24.2 Å². The fourth-order valence-corrected chi connectivity index (χ4v) is 3.98. The van der Waals surface area contributed by atoms with Crippen molar-refractivity contribution in [3.63, 3.8) is 0 Å². The molecule has 3 aromatic rings. The molecule has 1 fully saturated rings. The Bertz CT molecular complexity index is 1050. The minimum absolute atomic E-state index is 0.0845. The molecule has 0 radical (unpaired) electrons. The summed E-state index contributed by atoms with van der Waals surface area (Å²) >= 11 is 1.09. The third-order valence-corrected chi connectivity index (χ3v) is 5.53. The normalized spacial score (nSPS) is 16.4. The monoisotopic (exact) mass is 396 g/mol. The highest BCUT2D eigenvalue weighted by atomic mass is 32.1. The van der Waals surface area contributed by atoms with Gasteiger partial charge in [-0.1, -0.05) is 41.7 Å². The molecule has 2 amide bonds. The smallest absolute Gasteiger partial charge is 0.231 e. The van der Waals surface area contributed by atoms with Crippen LogP contribution >= 0.6 is 11.3 Å². The van der Waals surface area contributed by atoms with E-state index in [0.717, 1.165) is 22.6 Å². The lowest BCUT2D eigenvalue weighted by molar-refractivity contribution is -0.122. The van der Waals surface area contributed by atoms with E-state index in [1.807, 2.05) is 31.2 Å². The number of anilines is 2. The number of rotatable bonds is 4. The molecule has 1 N–H and O–H groups in total. The van der Waals surface area contributed by atoms with Crippen LogP contribution < -0.4 is 10.2 Å². The molecule has 1 saturated heterocycles. The van der Waals surface area contributed by atoms with Crippen LogP contribution in [-0.4, -0.2) is 28.6 Å². The number of aryl methyl sites for hydroxylation is 1. The number of nitrogens with one attached hydrogen (secondary N) is 1. The second-order valence-corrected chi connectivity index (χ2v) is 7.55. The predicted octanol–water partition coefficient (Wildman–Crippen LogP) is 3.64. The Morgan fingerprint density at radius 2 is 1.93 bits per heavy atom. The van der Waals surface area contributed by atoms with Crippen LogP contribution in [0.15, 0.2) is 48.5 Å². The Labute approximate surface area is 165 Å². The summed E-state index contributed by atoms with van der Waals surface area (Å²) in [5, 5.41) is 11.3. The van der Waals surface area contributed by atoms with Crippen molar-refractivity contribution >= 4 is 34.0 Å². The van der Waals surface area contributed by atoms with Crippen LogP contribution in [0, 0.1) is 18.7 Å². The van der Waals surface area contributed by atoms with E-state index >= 15 is 0 Å². The van der Waals surface area contributed by atoms with Crippen LogP contribution in [0.2, 0.25) is 0 Å². The van der Waals surface area contributed by atoms with E-state index in [4.69, 9.17) is 0 Å². The van der Waals surface area contributed by atoms with E-state index in [9.17, 15) is 14.0 Å². The Hall–Kier alpha value is -3.13. The Morgan fingerprint density at radius 1 is 1.18 bits per heavy atom. The van der Waals surface area contributed by atoms with Gasteiger partial charge < -0.3 is 10.2 Å². The molecule has 1 aliphatic heterocycles. The highest BCUT2D eigenvalue weighted by Crippen LogP contribution is 2.31. The van der Waals surface area contributed by atoms with Crippen molar-refractivity contribution in [3.8, 4) is 10.6 Å². The first-order valence-corrected chi connectivity index (χ1v) is 9.60. The number of para-hydroxylation sites is 1. The van der Waals surface area contributed by atoms with E-state index in [1.165, 1.54) is 6.07 Å². The summed E-state index contributed by atoms with van der Waals surface area (Å²) in [5.74, 6) is -1.25.